The zero-order valence-electron chi connectivity index (χ0n) is 22.5. The molecule has 2 aliphatic heterocycles. The fraction of sp³-hybridized carbons (Fsp3) is 0.379. The molecule has 3 aromatic rings. The highest BCUT2D eigenvalue weighted by molar-refractivity contribution is 6.35. The Morgan fingerprint density at radius 3 is 2.38 bits per heavy atom. The molecule has 4 unspecified atom stereocenters. The lowest BCUT2D eigenvalue weighted by Gasteiger charge is -2.46. The molecule has 0 radical (unpaired) electrons. The topological polar surface area (TPSA) is 118 Å². The Kier molecular flexibility index (Phi) is 7.26. The summed E-state index contributed by atoms with van der Waals surface area (Å²) in [6, 6.07) is 13.3. The van der Waals surface area contributed by atoms with Gasteiger partial charge in [-0.3, -0.25) is 24.1 Å². The molecule has 4 amide bonds. The van der Waals surface area contributed by atoms with Gasteiger partial charge < -0.3 is 10.2 Å². The number of aromatic nitrogens is 3. The van der Waals surface area contributed by atoms with Crippen molar-refractivity contribution in [1.29, 1.82) is 0 Å². The normalized spacial score (nSPS) is 24.8. The van der Waals surface area contributed by atoms with E-state index in [0.717, 1.165) is 0 Å². The van der Waals surface area contributed by atoms with Crippen molar-refractivity contribution in [1.82, 2.24) is 19.9 Å². The van der Waals surface area contributed by atoms with Gasteiger partial charge in [0.05, 0.1) is 42.7 Å². The number of carbonyl (C=O) groups is 4. The maximum absolute atomic E-state index is 15.8. The third-order valence-electron chi connectivity index (χ3n) is 8.35. The number of rotatable bonds is 6. The molecule has 1 saturated carbocycles. The fourth-order valence-corrected chi connectivity index (χ4v) is 6.84. The summed E-state index contributed by atoms with van der Waals surface area (Å²) < 4.78 is 17.0. The van der Waals surface area contributed by atoms with Crippen molar-refractivity contribution in [3.8, 4) is 0 Å². The minimum absolute atomic E-state index is 0.00247. The number of hydrogen-bond donors (Lipinski definition) is 1. The monoisotopic (exact) mass is 612 g/mol. The number of alkyl halides is 1. The van der Waals surface area contributed by atoms with Crippen LogP contribution in [0, 0.1) is 23.7 Å². The number of para-hydroxylation sites is 1. The van der Waals surface area contributed by atoms with Gasteiger partial charge in [-0.25, -0.2) is 9.07 Å². The predicted octanol–water partition coefficient (Wildman–Crippen LogP) is 4.08. The summed E-state index contributed by atoms with van der Waals surface area (Å²) in [6.45, 7) is 1.19. The Balaban J connectivity index is 1.11. The van der Waals surface area contributed by atoms with Crippen LogP contribution in [-0.4, -0.2) is 56.6 Å². The van der Waals surface area contributed by atoms with Crippen molar-refractivity contribution in [2.24, 2.45) is 23.7 Å². The van der Waals surface area contributed by atoms with E-state index in [4.69, 9.17) is 23.2 Å². The highest BCUT2D eigenvalue weighted by atomic mass is 35.5. The van der Waals surface area contributed by atoms with Gasteiger partial charge >= 0.3 is 0 Å². The zero-order chi connectivity index (χ0) is 29.8. The number of likely N-dealkylation sites (tertiary alicyclic amines) is 1. The maximum Gasteiger partial charge on any atom is 0.246 e. The second kappa shape index (κ2) is 10.8. The van der Waals surface area contributed by atoms with E-state index in [0.29, 0.717) is 34.3 Å². The number of benzene rings is 2. The molecule has 1 aliphatic carbocycles. The molecule has 2 aromatic carbocycles. The van der Waals surface area contributed by atoms with E-state index >= 15 is 4.39 Å². The first kappa shape index (κ1) is 28.3. The molecule has 1 N–H and O–H groups in total. The molecule has 218 valence electrons. The molecule has 3 heterocycles. The molecule has 0 bridgehead atoms. The fourth-order valence-electron chi connectivity index (χ4n) is 6.31. The van der Waals surface area contributed by atoms with Crippen LogP contribution in [0.1, 0.15) is 25.5 Å². The first-order valence-corrected chi connectivity index (χ1v) is 14.4. The summed E-state index contributed by atoms with van der Waals surface area (Å²) in [6.07, 6.45) is 2.40. The minimum atomic E-state index is -1.95. The van der Waals surface area contributed by atoms with Gasteiger partial charge in [0.25, 0.3) is 0 Å². The predicted molar refractivity (Wildman–Crippen MR) is 152 cm³/mol. The van der Waals surface area contributed by atoms with Gasteiger partial charge in [-0.1, -0.05) is 53.5 Å². The van der Waals surface area contributed by atoms with E-state index in [1.807, 2.05) is 6.92 Å². The number of carbonyl (C=O) groups excluding carboxylic acids is 4. The van der Waals surface area contributed by atoms with Crippen molar-refractivity contribution in [3.63, 3.8) is 0 Å². The number of anilines is 2. The Hall–Kier alpha value is -3.83. The number of imide groups is 1. The molecule has 10 nitrogen and oxygen atoms in total. The lowest BCUT2D eigenvalue weighted by molar-refractivity contribution is -0.157. The van der Waals surface area contributed by atoms with Gasteiger partial charge in [0.1, 0.15) is 12.2 Å². The lowest BCUT2D eigenvalue weighted by atomic mass is 9.67. The van der Waals surface area contributed by atoms with E-state index in [2.05, 4.69) is 15.6 Å². The third-order valence-corrected chi connectivity index (χ3v) is 8.79. The number of nitrogens with one attached hydrogen (secondary N) is 1. The van der Waals surface area contributed by atoms with E-state index in [-0.39, 0.29) is 49.0 Å². The molecule has 1 aromatic heterocycles. The van der Waals surface area contributed by atoms with Crippen LogP contribution in [0.3, 0.4) is 0 Å². The number of nitrogens with zero attached hydrogens (tertiary/aromatic N) is 5. The van der Waals surface area contributed by atoms with Crippen LogP contribution in [0.5, 0.6) is 0 Å². The van der Waals surface area contributed by atoms with Gasteiger partial charge in [0.2, 0.25) is 23.6 Å². The van der Waals surface area contributed by atoms with Crippen molar-refractivity contribution in [2.45, 2.75) is 32.0 Å². The van der Waals surface area contributed by atoms with Crippen molar-refractivity contribution >= 4 is 58.2 Å². The summed E-state index contributed by atoms with van der Waals surface area (Å²) in [4.78, 5) is 55.5. The van der Waals surface area contributed by atoms with Gasteiger partial charge in [-0.15, -0.1) is 5.10 Å². The van der Waals surface area contributed by atoms with Crippen LogP contribution in [0.25, 0.3) is 0 Å². The Morgan fingerprint density at radius 1 is 1.02 bits per heavy atom. The summed E-state index contributed by atoms with van der Waals surface area (Å²) in [5.74, 6) is -3.58. The molecule has 13 heteroatoms. The van der Waals surface area contributed by atoms with E-state index in [1.165, 1.54) is 38.9 Å². The molecule has 42 heavy (non-hydrogen) atoms. The Morgan fingerprint density at radius 2 is 1.69 bits per heavy atom. The third kappa shape index (κ3) is 5.05. The highest BCUT2D eigenvalue weighted by Gasteiger charge is 2.59. The molecule has 2 saturated heterocycles. The molecule has 0 spiro atoms. The molecule has 3 aliphatic rings. The lowest BCUT2D eigenvalue weighted by Crippen LogP contribution is -2.61. The van der Waals surface area contributed by atoms with Crippen LogP contribution >= 0.6 is 23.2 Å². The molecule has 6 rings (SSSR count). The number of hydrogen-bond acceptors (Lipinski definition) is 6. The van der Waals surface area contributed by atoms with Crippen LogP contribution < -0.4 is 10.2 Å². The van der Waals surface area contributed by atoms with Crippen LogP contribution in [0.2, 0.25) is 10.0 Å². The molecule has 4 atom stereocenters. The van der Waals surface area contributed by atoms with E-state index in [9.17, 15) is 19.2 Å². The standard InChI is InChI=1S/C29H27Cl2FN6O4/c1-16-7-8-21(25-24(16)27(41)38(28(25)42)20-5-3-2-4-6-20)26(40)36-14-29(32,15-36)22-12-37(35-34-22)13-23(39)33-19-10-17(30)9-18(31)11-19/h2-6,9-12,16,21,24-25H,7-8,13-15H2,1H3,(H,33,39). The Bertz CT molecular complexity index is 1560. The van der Waals surface area contributed by atoms with E-state index in [1.54, 1.807) is 30.3 Å². The average molecular weight is 613 g/mol. The number of halogens is 3. The smallest absolute Gasteiger partial charge is 0.246 e. The van der Waals surface area contributed by atoms with Gasteiger partial charge in [-0.05, 0) is 49.1 Å². The summed E-state index contributed by atoms with van der Waals surface area (Å²) >= 11 is 11.9. The zero-order valence-corrected chi connectivity index (χ0v) is 24.1. The Labute approximate surface area is 250 Å². The second-order valence-electron chi connectivity index (χ2n) is 11.2. The SMILES string of the molecule is CC1CCC(C(=O)N2CC(F)(c3cn(CC(=O)Nc4cc(Cl)cc(Cl)c4)nn3)C2)C2C(=O)N(c3ccccc3)C(=O)C12. The maximum atomic E-state index is 15.8. The van der Waals surface area contributed by atoms with Gasteiger partial charge in [0, 0.05) is 15.7 Å². The van der Waals surface area contributed by atoms with Crippen molar-refractivity contribution in [2.75, 3.05) is 23.3 Å². The van der Waals surface area contributed by atoms with Crippen LogP contribution in [0.15, 0.2) is 54.7 Å². The van der Waals surface area contributed by atoms with Crippen molar-refractivity contribution < 1.29 is 23.6 Å². The number of fused-ring (bicyclic) bond motifs is 1. The van der Waals surface area contributed by atoms with E-state index < -0.39 is 29.3 Å². The van der Waals surface area contributed by atoms with Crippen LogP contribution in [0.4, 0.5) is 15.8 Å². The summed E-state index contributed by atoms with van der Waals surface area (Å²) in [5, 5.41) is 11.1. The average Bonchev–Trinajstić information content (AvgIpc) is 3.49. The quantitative estimate of drug-likeness (QED) is 0.419. The van der Waals surface area contributed by atoms with Gasteiger partial charge in [-0.2, -0.15) is 0 Å². The minimum Gasteiger partial charge on any atom is -0.335 e. The van der Waals surface area contributed by atoms with Crippen molar-refractivity contribution in [3.05, 3.63) is 70.5 Å². The second-order valence-corrected chi connectivity index (χ2v) is 12.1. The largest absolute Gasteiger partial charge is 0.335 e. The first-order valence-electron chi connectivity index (χ1n) is 13.6. The highest BCUT2D eigenvalue weighted by Crippen LogP contribution is 2.48. The van der Waals surface area contributed by atoms with Gasteiger partial charge in [0.15, 0.2) is 5.67 Å². The summed E-state index contributed by atoms with van der Waals surface area (Å²) in [5.41, 5.74) is -1.05. The number of amides is 4. The van der Waals surface area contributed by atoms with Crippen LogP contribution in [-0.2, 0) is 31.4 Å². The first-order chi connectivity index (χ1) is 20.0. The molecule has 3 fully saturated rings. The molecular formula is C29H27Cl2FN6O4. The molecular weight excluding hydrogens is 586 g/mol. The summed E-state index contributed by atoms with van der Waals surface area (Å²) in [7, 11) is 0.